The molecule has 0 atom stereocenters. The number of hydrogen-bond acceptors (Lipinski definition) is 3. The third kappa shape index (κ3) is 2.25. The number of halogens is 2. The summed E-state index contributed by atoms with van der Waals surface area (Å²) >= 11 is 5.38. The first-order valence-corrected chi connectivity index (χ1v) is 4.54. The van der Waals surface area contributed by atoms with Crippen molar-refractivity contribution in [3.05, 3.63) is 29.1 Å². The standard InChI is InChI=1S/C10H7ClFNO2/c1-15-9-3-7(12)2-6(5-13)10(9)8(14)4-11/h2-3H,4H2,1H3. The number of methoxy groups -OCH3 is 1. The highest BCUT2D eigenvalue weighted by molar-refractivity contribution is 6.31. The van der Waals surface area contributed by atoms with Gasteiger partial charge in [0.2, 0.25) is 0 Å². The molecule has 0 unspecified atom stereocenters. The first-order chi connectivity index (χ1) is 7.13. The van der Waals surface area contributed by atoms with Crippen LogP contribution in [0.15, 0.2) is 12.1 Å². The molecule has 0 aliphatic heterocycles. The maximum absolute atomic E-state index is 13.0. The van der Waals surface area contributed by atoms with E-state index >= 15 is 0 Å². The fourth-order valence-electron chi connectivity index (χ4n) is 1.19. The third-order valence-electron chi connectivity index (χ3n) is 1.81. The molecular weight excluding hydrogens is 221 g/mol. The number of hydrogen-bond donors (Lipinski definition) is 0. The monoisotopic (exact) mass is 227 g/mol. The van der Waals surface area contributed by atoms with Crippen LogP contribution in [-0.2, 0) is 0 Å². The zero-order valence-electron chi connectivity index (χ0n) is 7.88. The summed E-state index contributed by atoms with van der Waals surface area (Å²) in [6.07, 6.45) is 0. The number of benzene rings is 1. The van der Waals surface area contributed by atoms with Crippen molar-refractivity contribution in [1.82, 2.24) is 0 Å². The van der Waals surface area contributed by atoms with Crippen LogP contribution in [0.4, 0.5) is 4.39 Å². The number of nitrogens with zero attached hydrogens (tertiary/aromatic N) is 1. The van der Waals surface area contributed by atoms with E-state index in [4.69, 9.17) is 21.6 Å². The summed E-state index contributed by atoms with van der Waals surface area (Å²) in [5.74, 6) is -1.35. The molecule has 0 aromatic heterocycles. The van der Waals surface area contributed by atoms with Gasteiger partial charge in [-0.15, -0.1) is 11.6 Å². The second-order valence-corrected chi connectivity index (χ2v) is 2.97. The van der Waals surface area contributed by atoms with Gasteiger partial charge in [0.05, 0.1) is 24.1 Å². The molecule has 78 valence electrons. The summed E-state index contributed by atoms with van der Waals surface area (Å²) in [4.78, 5) is 11.4. The summed E-state index contributed by atoms with van der Waals surface area (Å²) in [7, 11) is 1.29. The first-order valence-electron chi connectivity index (χ1n) is 4.00. The maximum Gasteiger partial charge on any atom is 0.182 e. The van der Waals surface area contributed by atoms with Crippen LogP contribution < -0.4 is 4.74 Å². The second kappa shape index (κ2) is 4.76. The van der Waals surface area contributed by atoms with Crippen molar-refractivity contribution < 1.29 is 13.9 Å². The quantitative estimate of drug-likeness (QED) is 0.587. The molecule has 15 heavy (non-hydrogen) atoms. The van der Waals surface area contributed by atoms with Gasteiger partial charge in [0.25, 0.3) is 0 Å². The Morgan fingerprint density at radius 1 is 1.67 bits per heavy atom. The summed E-state index contributed by atoms with van der Waals surface area (Å²) in [6.45, 7) is 0. The predicted octanol–water partition coefficient (Wildman–Crippen LogP) is 2.13. The normalized spacial score (nSPS) is 9.47. The van der Waals surface area contributed by atoms with E-state index in [-0.39, 0.29) is 22.8 Å². The number of carbonyl (C=O) groups excluding carboxylic acids is 1. The van der Waals surface area contributed by atoms with E-state index in [2.05, 4.69) is 0 Å². The Hall–Kier alpha value is -1.60. The van der Waals surface area contributed by atoms with Crippen molar-refractivity contribution in [3.63, 3.8) is 0 Å². The summed E-state index contributed by atoms with van der Waals surface area (Å²) in [5.41, 5.74) is -0.0473. The molecule has 1 aromatic carbocycles. The van der Waals surface area contributed by atoms with Crippen LogP contribution in [0.5, 0.6) is 5.75 Å². The van der Waals surface area contributed by atoms with Crippen LogP contribution in [0.3, 0.4) is 0 Å². The van der Waals surface area contributed by atoms with E-state index in [0.717, 1.165) is 12.1 Å². The van der Waals surface area contributed by atoms with Gasteiger partial charge in [0, 0.05) is 6.07 Å². The van der Waals surface area contributed by atoms with Crippen LogP contribution in [0, 0.1) is 17.1 Å². The Kier molecular flexibility index (Phi) is 3.64. The van der Waals surface area contributed by atoms with Gasteiger partial charge < -0.3 is 4.74 Å². The number of ether oxygens (including phenoxy) is 1. The van der Waals surface area contributed by atoms with E-state index in [1.165, 1.54) is 7.11 Å². The van der Waals surface area contributed by atoms with Crippen molar-refractivity contribution in [3.8, 4) is 11.8 Å². The maximum atomic E-state index is 13.0. The van der Waals surface area contributed by atoms with Crippen molar-refractivity contribution in [2.45, 2.75) is 0 Å². The number of rotatable bonds is 3. The second-order valence-electron chi connectivity index (χ2n) is 2.70. The zero-order valence-corrected chi connectivity index (χ0v) is 8.64. The summed E-state index contributed by atoms with van der Waals surface area (Å²) in [5, 5.41) is 8.74. The lowest BCUT2D eigenvalue weighted by atomic mass is 10.0. The summed E-state index contributed by atoms with van der Waals surface area (Å²) < 4.78 is 17.8. The van der Waals surface area contributed by atoms with Gasteiger partial charge in [-0.3, -0.25) is 4.79 Å². The van der Waals surface area contributed by atoms with Crippen LogP contribution >= 0.6 is 11.6 Å². The molecule has 0 saturated carbocycles. The molecule has 0 fully saturated rings. The summed E-state index contributed by atoms with van der Waals surface area (Å²) in [6, 6.07) is 3.74. The SMILES string of the molecule is COc1cc(F)cc(C#N)c1C(=O)CCl. The number of Topliss-reactive ketones (excluding diaryl/α,β-unsaturated/α-hetero) is 1. The largest absolute Gasteiger partial charge is 0.496 e. The van der Waals surface area contributed by atoms with Crippen LogP contribution in [0.1, 0.15) is 15.9 Å². The lowest BCUT2D eigenvalue weighted by molar-refractivity contribution is 0.101. The van der Waals surface area contributed by atoms with Gasteiger partial charge in [0.1, 0.15) is 17.6 Å². The molecule has 0 heterocycles. The fourth-order valence-corrected chi connectivity index (χ4v) is 1.32. The Morgan fingerprint density at radius 3 is 2.80 bits per heavy atom. The van der Waals surface area contributed by atoms with E-state index in [9.17, 15) is 9.18 Å². The first kappa shape index (κ1) is 11.5. The molecule has 0 spiro atoms. The molecule has 5 heteroatoms. The van der Waals surface area contributed by atoms with Crippen LogP contribution in [0.25, 0.3) is 0 Å². The minimum absolute atomic E-state index is 0.0244. The number of carbonyl (C=O) groups is 1. The average Bonchev–Trinajstić information content (AvgIpc) is 2.26. The zero-order chi connectivity index (χ0) is 11.4. The van der Waals surface area contributed by atoms with E-state index in [1.807, 2.05) is 0 Å². The van der Waals surface area contributed by atoms with Gasteiger partial charge >= 0.3 is 0 Å². The molecule has 0 radical (unpaired) electrons. The van der Waals surface area contributed by atoms with Crippen molar-refractivity contribution in [1.29, 1.82) is 5.26 Å². The highest BCUT2D eigenvalue weighted by Crippen LogP contribution is 2.24. The van der Waals surface area contributed by atoms with Gasteiger partial charge in [0.15, 0.2) is 5.78 Å². The van der Waals surface area contributed by atoms with E-state index in [0.29, 0.717) is 0 Å². The van der Waals surface area contributed by atoms with Gasteiger partial charge in [-0.2, -0.15) is 5.26 Å². The molecule has 0 aliphatic rings. The van der Waals surface area contributed by atoms with Crippen LogP contribution in [0.2, 0.25) is 0 Å². The van der Waals surface area contributed by atoms with E-state index in [1.54, 1.807) is 6.07 Å². The fraction of sp³-hybridized carbons (Fsp3) is 0.200. The topological polar surface area (TPSA) is 50.1 Å². The number of ketones is 1. The van der Waals surface area contributed by atoms with E-state index < -0.39 is 11.6 Å². The predicted molar refractivity (Wildman–Crippen MR) is 52.7 cm³/mol. The lowest BCUT2D eigenvalue weighted by Gasteiger charge is -2.07. The molecule has 0 N–H and O–H groups in total. The van der Waals surface area contributed by atoms with Crippen molar-refractivity contribution in [2.24, 2.45) is 0 Å². The average molecular weight is 228 g/mol. The Labute approximate surface area is 91.0 Å². The third-order valence-corrected chi connectivity index (χ3v) is 2.05. The molecule has 0 bridgehead atoms. The number of alkyl halides is 1. The molecule has 0 amide bonds. The van der Waals surface area contributed by atoms with Crippen molar-refractivity contribution >= 4 is 17.4 Å². The van der Waals surface area contributed by atoms with Crippen molar-refractivity contribution in [2.75, 3.05) is 13.0 Å². The van der Waals surface area contributed by atoms with Gasteiger partial charge in [-0.25, -0.2) is 4.39 Å². The Morgan fingerprint density at radius 2 is 2.33 bits per heavy atom. The molecule has 0 aliphatic carbocycles. The highest BCUT2D eigenvalue weighted by atomic mass is 35.5. The van der Waals surface area contributed by atoms with Gasteiger partial charge in [-0.1, -0.05) is 0 Å². The number of nitriles is 1. The molecule has 3 nitrogen and oxygen atoms in total. The smallest absolute Gasteiger partial charge is 0.182 e. The Balaban J connectivity index is 3.45. The highest BCUT2D eigenvalue weighted by Gasteiger charge is 2.18. The molecule has 1 rings (SSSR count). The molecular formula is C10H7ClFNO2. The lowest BCUT2D eigenvalue weighted by Crippen LogP contribution is -2.07. The minimum atomic E-state index is -0.630. The van der Waals surface area contributed by atoms with Gasteiger partial charge in [-0.05, 0) is 6.07 Å². The minimum Gasteiger partial charge on any atom is -0.496 e. The Bertz CT molecular complexity index is 440. The molecule has 1 aromatic rings. The molecule has 0 saturated heterocycles. The van der Waals surface area contributed by atoms with Crippen LogP contribution in [-0.4, -0.2) is 18.8 Å².